The van der Waals surface area contributed by atoms with Crippen LogP contribution in [0.2, 0.25) is 5.02 Å². The molecule has 28 heavy (non-hydrogen) atoms. The van der Waals surface area contributed by atoms with E-state index in [0.717, 1.165) is 16.6 Å². The maximum Gasteiger partial charge on any atom is 0.261 e. The van der Waals surface area contributed by atoms with Crippen molar-refractivity contribution in [2.75, 3.05) is 11.9 Å². The fourth-order valence-corrected chi connectivity index (χ4v) is 3.96. The molecule has 0 aliphatic rings. The molecule has 1 N–H and O–H groups in total. The third kappa shape index (κ3) is 4.32. The number of nitrogens with one attached hydrogen (secondary N) is 1. The van der Waals surface area contributed by atoms with Crippen LogP contribution >= 0.6 is 22.9 Å². The minimum atomic E-state index is -0.250. The van der Waals surface area contributed by atoms with Gasteiger partial charge in [0.25, 0.3) is 5.91 Å². The molecule has 6 heteroatoms. The lowest BCUT2D eigenvalue weighted by Crippen LogP contribution is -2.14. The van der Waals surface area contributed by atoms with Crippen molar-refractivity contribution < 1.29 is 9.53 Å². The number of amides is 1. The molecule has 0 spiro atoms. The molecular weight excluding hydrogens is 392 g/mol. The molecule has 0 saturated heterocycles. The van der Waals surface area contributed by atoms with E-state index in [2.05, 4.69) is 22.4 Å². The van der Waals surface area contributed by atoms with Gasteiger partial charge in [-0.25, -0.2) is 4.98 Å². The van der Waals surface area contributed by atoms with Gasteiger partial charge in [-0.1, -0.05) is 65.4 Å². The molecule has 3 aromatic carbocycles. The van der Waals surface area contributed by atoms with Gasteiger partial charge < -0.3 is 4.74 Å². The first kappa shape index (κ1) is 18.5. The number of halogens is 1. The van der Waals surface area contributed by atoms with E-state index in [1.165, 1.54) is 16.9 Å². The van der Waals surface area contributed by atoms with Gasteiger partial charge in [0.15, 0.2) is 5.13 Å². The SMILES string of the molecule is O=C(Nc1nc2ccc(Cl)cc2s1)c1ccccc1OCCc1ccccc1. The Morgan fingerprint density at radius 2 is 1.82 bits per heavy atom. The summed E-state index contributed by atoms with van der Waals surface area (Å²) in [5.41, 5.74) is 2.47. The number of ether oxygens (including phenoxy) is 1. The lowest BCUT2D eigenvalue weighted by molar-refractivity contribution is 0.102. The number of para-hydroxylation sites is 1. The van der Waals surface area contributed by atoms with E-state index in [9.17, 15) is 4.79 Å². The highest BCUT2D eigenvalue weighted by atomic mass is 35.5. The molecule has 0 aliphatic carbocycles. The predicted octanol–water partition coefficient (Wildman–Crippen LogP) is 5.82. The van der Waals surface area contributed by atoms with Gasteiger partial charge >= 0.3 is 0 Å². The second-order valence-electron chi connectivity index (χ2n) is 6.17. The summed E-state index contributed by atoms with van der Waals surface area (Å²) in [6, 6.07) is 22.8. The Bertz CT molecular complexity index is 1110. The number of carbonyl (C=O) groups is 1. The van der Waals surface area contributed by atoms with Crippen LogP contribution in [-0.2, 0) is 6.42 Å². The highest BCUT2D eigenvalue weighted by molar-refractivity contribution is 7.22. The fraction of sp³-hybridized carbons (Fsp3) is 0.0909. The van der Waals surface area contributed by atoms with E-state index in [4.69, 9.17) is 16.3 Å². The predicted molar refractivity (Wildman–Crippen MR) is 115 cm³/mol. The topological polar surface area (TPSA) is 51.2 Å². The Labute approximate surface area is 171 Å². The number of fused-ring (bicyclic) bond motifs is 1. The van der Waals surface area contributed by atoms with Gasteiger partial charge in [0, 0.05) is 11.4 Å². The number of hydrogen-bond acceptors (Lipinski definition) is 4. The normalized spacial score (nSPS) is 10.8. The van der Waals surface area contributed by atoms with Crippen molar-refractivity contribution in [3.8, 4) is 5.75 Å². The first-order chi connectivity index (χ1) is 13.7. The van der Waals surface area contributed by atoms with Crippen LogP contribution in [0.1, 0.15) is 15.9 Å². The summed E-state index contributed by atoms with van der Waals surface area (Å²) in [4.78, 5) is 17.2. The molecule has 1 amide bonds. The summed E-state index contributed by atoms with van der Waals surface area (Å²) in [6.45, 7) is 0.494. The van der Waals surface area contributed by atoms with E-state index in [-0.39, 0.29) is 5.91 Å². The van der Waals surface area contributed by atoms with Crippen molar-refractivity contribution in [2.45, 2.75) is 6.42 Å². The highest BCUT2D eigenvalue weighted by Gasteiger charge is 2.14. The second-order valence-corrected chi connectivity index (χ2v) is 7.63. The number of benzene rings is 3. The van der Waals surface area contributed by atoms with Crippen molar-refractivity contribution in [2.24, 2.45) is 0 Å². The molecule has 4 aromatic rings. The summed E-state index contributed by atoms with van der Waals surface area (Å²) in [7, 11) is 0. The van der Waals surface area contributed by atoms with Crippen LogP contribution < -0.4 is 10.1 Å². The van der Waals surface area contributed by atoms with Gasteiger partial charge in [-0.05, 0) is 35.9 Å². The number of thiazole rings is 1. The van der Waals surface area contributed by atoms with Crippen LogP contribution in [0.4, 0.5) is 5.13 Å². The van der Waals surface area contributed by atoms with Crippen molar-refractivity contribution in [1.82, 2.24) is 4.98 Å². The van der Waals surface area contributed by atoms with E-state index in [0.29, 0.717) is 28.1 Å². The van der Waals surface area contributed by atoms with Crippen LogP contribution in [0, 0.1) is 0 Å². The van der Waals surface area contributed by atoms with Crippen LogP contribution in [0.25, 0.3) is 10.2 Å². The largest absolute Gasteiger partial charge is 0.492 e. The number of nitrogens with zero attached hydrogens (tertiary/aromatic N) is 1. The molecule has 1 aromatic heterocycles. The van der Waals surface area contributed by atoms with Gasteiger partial charge in [0.1, 0.15) is 5.75 Å². The third-order valence-electron chi connectivity index (χ3n) is 4.19. The highest BCUT2D eigenvalue weighted by Crippen LogP contribution is 2.29. The van der Waals surface area contributed by atoms with Crippen LogP contribution in [-0.4, -0.2) is 17.5 Å². The fourth-order valence-electron chi connectivity index (χ4n) is 2.82. The first-order valence-corrected chi connectivity index (χ1v) is 10.0. The first-order valence-electron chi connectivity index (χ1n) is 8.82. The molecule has 4 rings (SSSR count). The molecule has 0 aliphatic heterocycles. The molecule has 0 saturated carbocycles. The van der Waals surface area contributed by atoms with Gasteiger partial charge in [0.05, 0.1) is 22.4 Å². The molecule has 0 atom stereocenters. The van der Waals surface area contributed by atoms with Crippen molar-refractivity contribution in [3.05, 3.63) is 88.9 Å². The summed E-state index contributed by atoms with van der Waals surface area (Å²) in [6.07, 6.45) is 0.773. The minimum absolute atomic E-state index is 0.250. The Kier molecular flexibility index (Phi) is 5.55. The standard InChI is InChI=1S/C22H17ClN2O2S/c23-16-10-11-18-20(14-16)28-22(24-18)25-21(26)17-8-4-5-9-19(17)27-13-12-15-6-2-1-3-7-15/h1-11,14H,12-13H2,(H,24,25,26). The quantitative estimate of drug-likeness (QED) is 0.437. The summed E-state index contributed by atoms with van der Waals surface area (Å²) in [5, 5.41) is 4.03. The number of hydrogen-bond donors (Lipinski definition) is 1. The molecule has 0 unspecified atom stereocenters. The zero-order valence-corrected chi connectivity index (χ0v) is 16.5. The van der Waals surface area contributed by atoms with Crippen molar-refractivity contribution >= 4 is 44.2 Å². The molecular formula is C22H17ClN2O2S. The van der Waals surface area contributed by atoms with Crippen molar-refractivity contribution in [3.63, 3.8) is 0 Å². The van der Waals surface area contributed by atoms with E-state index < -0.39 is 0 Å². The molecule has 0 bridgehead atoms. The van der Waals surface area contributed by atoms with Gasteiger partial charge in [-0.3, -0.25) is 10.1 Å². The van der Waals surface area contributed by atoms with Crippen LogP contribution in [0.5, 0.6) is 5.75 Å². The second kappa shape index (κ2) is 8.42. The van der Waals surface area contributed by atoms with Crippen LogP contribution in [0.15, 0.2) is 72.8 Å². The number of carbonyl (C=O) groups excluding carboxylic acids is 1. The van der Waals surface area contributed by atoms with Gasteiger partial charge in [0.2, 0.25) is 0 Å². The lowest BCUT2D eigenvalue weighted by Gasteiger charge is -2.11. The number of aromatic nitrogens is 1. The molecule has 0 fully saturated rings. The lowest BCUT2D eigenvalue weighted by atomic mass is 10.1. The Hall–Kier alpha value is -2.89. The maximum atomic E-state index is 12.8. The zero-order chi connectivity index (χ0) is 19.3. The third-order valence-corrected chi connectivity index (χ3v) is 5.36. The Balaban J connectivity index is 1.46. The Morgan fingerprint density at radius 1 is 1.04 bits per heavy atom. The Morgan fingerprint density at radius 3 is 2.68 bits per heavy atom. The monoisotopic (exact) mass is 408 g/mol. The average molecular weight is 409 g/mol. The average Bonchev–Trinajstić information content (AvgIpc) is 3.10. The molecule has 1 heterocycles. The summed E-state index contributed by atoms with van der Waals surface area (Å²) >= 11 is 7.41. The maximum absolute atomic E-state index is 12.8. The summed E-state index contributed by atoms with van der Waals surface area (Å²) < 4.78 is 6.81. The van der Waals surface area contributed by atoms with E-state index >= 15 is 0 Å². The van der Waals surface area contributed by atoms with Gasteiger partial charge in [-0.2, -0.15) is 0 Å². The minimum Gasteiger partial charge on any atom is -0.492 e. The summed E-state index contributed by atoms with van der Waals surface area (Å²) in [5.74, 6) is 0.306. The van der Waals surface area contributed by atoms with E-state index in [1.807, 2.05) is 42.5 Å². The van der Waals surface area contributed by atoms with E-state index in [1.54, 1.807) is 18.2 Å². The molecule has 140 valence electrons. The molecule has 4 nitrogen and oxygen atoms in total. The zero-order valence-electron chi connectivity index (χ0n) is 14.9. The van der Waals surface area contributed by atoms with Crippen molar-refractivity contribution in [1.29, 1.82) is 0 Å². The number of rotatable bonds is 6. The number of anilines is 1. The van der Waals surface area contributed by atoms with Crippen LogP contribution in [0.3, 0.4) is 0 Å². The smallest absolute Gasteiger partial charge is 0.261 e. The van der Waals surface area contributed by atoms with Gasteiger partial charge in [-0.15, -0.1) is 0 Å². The molecule has 0 radical (unpaired) electrons.